The van der Waals surface area contributed by atoms with Gasteiger partial charge in [-0.15, -0.1) is 0 Å². The molecule has 5 aliphatic heterocycles. The topological polar surface area (TPSA) is 199 Å². The first-order chi connectivity index (χ1) is 30.2. The fraction of sp³-hybridized carbons (Fsp3) is 0.689. The molecule has 0 radical (unpaired) electrons. The molecule has 2 amide bonds. The Hall–Kier alpha value is -3.72. The number of alkyl carbamates (subject to hydrolysis) is 1. The van der Waals surface area contributed by atoms with E-state index in [1.807, 2.05) is 47.6 Å². The zero-order valence-electron chi connectivity index (χ0n) is 38.5. The number of hydrogen-bond acceptors (Lipinski definition) is 12. The molecule has 19 heteroatoms. The standard InChI is InChI=1S/C24H38N4O5S.C21H33N3O5S/c1-24(2,3)33-23(29)26-18-7-13-28(14-8-18)34(30,31)22-6-4-5-21(15-22)32-20-9-11-27(12-10-20)19-16-25-17-19;1-21(2,3)24(20(25)26)16-9-13-23(14-10-16)30(27,28)19-6-4-5-18(15-19)29-17-7-11-22-12-8-17/h4-6,15,18-20,25H,7-14,16-17H2,1-3H3,(H,26,29);4-6,15-17,22H,7-14H2,1-3H3,(H,25,26). The van der Waals surface area contributed by atoms with Crippen LogP contribution in [0.15, 0.2) is 58.3 Å². The zero-order chi connectivity index (χ0) is 46.3. The first-order valence-corrected chi connectivity index (χ1v) is 25.8. The molecule has 7 rings (SSSR count). The van der Waals surface area contributed by atoms with Crippen molar-refractivity contribution in [3.05, 3.63) is 48.5 Å². The Morgan fingerprint density at radius 3 is 1.61 bits per heavy atom. The highest BCUT2D eigenvalue weighted by Crippen LogP contribution is 2.30. The fourth-order valence-electron chi connectivity index (χ4n) is 8.95. The highest BCUT2D eigenvalue weighted by Gasteiger charge is 2.38. The molecule has 5 fully saturated rings. The molecule has 2 aromatic carbocycles. The van der Waals surface area contributed by atoms with Gasteiger partial charge in [-0.1, -0.05) is 12.1 Å². The zero-order valence-corrected chi connectivity index (χ0v) is 40.1. The number of amides is 2. The minimum absolute atomic E-state index is 0.0966. The van der Waals surface area contributed by atoms with Gasteiger partial charge in [-0.2, -0.15) is 8.61 Å². The van der Waals surface area contributed by atoms with Crippen molar-refractivity contribution >= 4 is 32.2 Å². The fourth-order valence-corrected chi connectivity index (χ4v) is 12.0. The van der Waals surface area contributed by atoms with Crippen molar-refractivity contribution < 1.29 is 45.7 Å². The van der Waals surface area contributed by atoms with Gasteiger partial charge >= 0.3 is 12.2 Å². The lowest BCUT2D eigenvalue weighted by atomic mass is 9.98. The van der Waals surface area contributed by atoms with Crippen molar-refractivity contribution in [2.45, 2.75) is 144 Å². The first kappa shape index (κ1) is 49.7. The Labute approximate surface area is 380 Å². The molecule has 17 nitrogen and oxygen atoms in total. The molecule has 0 atom stereocenters. The van der Waals surface area contributed by atoms with Crippen LogP contribution in [-0.2, 0) is 24.8 Å². The molecule has 0 bridgehead atoms. The molecule has 64 heavy (non-hydrogen) atoms. The van der Waals surface area contributed by atoms with Crippen molar-refractivity contribution in [2.24, 2.45) is 0 Å². The third-order valence-corrected chi connectivity index (χ3v) is 16.2. The number of nitrogens with zero attached hydrogens (tertiary/aromatic N) is 4. The van der Waals surface area contributed by atoms with Gasteiger partial charge in [0.25, 0.3) is 0 Å². The van der Waals surface area contributed by atoms with Crippen LogP contribution in [0, 0.1) is 0 Å². The molecule has 4 N–H and O–H groups in total. The average molecular weight is 934 g/mol. The van der Waals surface area contributed by atoms with Crippen molar-refractivity contribution in [3.63, 3.8) is 0 Å². The van der Waals surface area contributed by atoms with Gasteiger partial charge in [0.05, 0.1) is 9.79 Å². The molecule has 0 aromatic heterocycles. The third kappa shape index (κ3) is 13.4. The van der Waals surface area contributed by atoms with E-state index in [9.17, 15) is 31.5 Å². The smallest absolute Gasteiger partial charge is 0.407 e. The maximum atomic E-state index is 13.3. The van der Waals surface area contributed by atoms with E-state index in [-0.39, 0.29) is 34.1 Å². The lowest BCUT2D eigenvalue weighted by Gasteiger charge is -2.43. The highest BCUT2D eigenvalue weighted by atomic mass is 32.2. The Balaban J connectivity index is 0.000000214. The number of nitrogens with one attached hydrogen (secondary N) is 3. The summed E-state index contributed by atoms with van der Waals surface area (Å²) in [6, 6.07) is 13.9. The van der Waals surface area contributed by atoms with E-state index in [2.05, 4.69) is 20.9 Å². The summed E-state index contributed by atoms with van der Waals surface area (Å²) in [7, 11) is -7.28. The number of carbonyl (C=O) groups excluding carboxylic acids is 1. The van der Waals surface area contributed by atoms with Crippen LogP contribution in [0.5, 0.6) is 11.5 Å². The second kappa shape index (κ2) is 21.3. The van der Waals surface area contributed by atoms with Crippen molar-refractivity contribution in [1.29, 1.82) is 0 Å². The van der Waals surface area contributed by atoms with Crippen LogP contribution in [0.1, 0.15) is 92.9 Å². The Morgan fingerprint density at radius 1 is 0.688 bits per heavy atom. The van der Waals surface area contributed by atoms with Gasteiger partial charge < -0.3 is 40.2 Å². The maximum Gasteiger partial charge on any atom is 0.407 e. The summed E-state index contributed by atoms with van der Waals surface area (Å²) in [5.41, 5.74) is -1.09. The predicted octanol–water partition coefficient (Wildman–Crippen LogP) is 4.93. The van der Waals surface area contributed by atoms with Gasteiger partial charge in [0.2, 0.25) is 20.0 Å². The quantitative estimate of drug-likeness (QED) is 0.237. The summed E-state index contributed by atoms with van der Waals surface area (Å²) in [5, 5.41) is 19.1. The van der Waals surface area contributed by atoms with Gasteiger partial charge in [0, 0.05) is 88.2 Å². The van der Waals surface area contributed by atoms with Crippen molar-refractivity contribution in [3.8, 4) is 11.5 Å². The Morgan fingerprint density at radius 2 is 1.17 bits per heavy atom. The molecule has 5 saturated heterocycles. The summed E-state index contributed by atoms with van der Waals surface area (Å²) in [6.07, 6.45) is 4.53. The minimum atomic E-state index is -3.66. The normalized spacial score (nSPS) is 21.2. The van der Waals surface area contributed by atoms with E-state index in [0.29, 0.717) is 69.4 Å². The number of carbonyl (C=O) groups is 2. The molecule has 0 spiro atoms. The number of likely N-dealkylation sites (tertiary alicyclic amines) is 1. The van der Waals surface area contributed by atoms with Gasteiger partial charge in [0.15, 0.2) is 0 Å². The Bertz CT molecular complexity index is 2080. The van der Waals surface area contributed by atoms with Gasteiger partial charge in [0.1, 0.15) is 29.3 Å². The number of ether oxygens (including phenoxy) is 3. The van der Waals surface area contributed by atoms with E-state index in [4.69, 9.17) is 14.2 Å². The second-order valence-electron chi connectivity index (χ2n) is 19.5. The lowest BCUT2D eigenvalue weighted by molar-refractivity contribution is 0.0485. The molecule has 0 unspecified atom stereocenters. The molecule has 5 aliphatic rings. The largest absolute Gasteiger partial charge is 0.490 e. The number of carboxylic acid groups (broad SMARTS) is 1. The monoisotopic (exact) mass is 933 g/mol. The number of piperidine rings is 4. The number of hydrogen-bond donors (Lipinski definition) is 4. The summed E-state index contributed by atoms with van der Waals surface area (Å²) in [6.45, 7) is 18.3. The van der Waals surface area contributed by atoms with Gasteiger partial charge in [-0.05, 0) is 130 Å². The predicted molar refractivity (Wildman–Crippen MR) is 244 cm³/mol. The molecule has 358 valence electrons. The highest BCUT2D eigenvalue weighted by molar-refractivity contribution is 7.89. The van der Waals surface area contributed by atoms with E-state index >= 15 is 0 Å². The van der Waals surface area contributed by atoms with E-state index in [1.165, 1.54) is 13.5 Å². The van der Waals surface area contributed by atoms with Crippen LogP contribution >= 0.6 is 0 Å². The van der Waals surface area contributed by atoms with E-state index in [0.717, 1.165) is 65.0 Å². The third-order valence-electron chi connectivity index (χ3n) is 12.4. The maximum absolute atomic E-state index is 13.3. The van der Waals surface area contributed by atoms with Crippen LogP contribution in [0.3, 0.4) is 0 Å². The van der Waals surface area contributed by atoms with Crippen LogP contribution < -0.4 is 25.4 Å². The minimum Gasteiger partial charge on any atom is -0.490 e. The number of sulfonamides is 2. The molecule has 0 saturated carbocycles. The lowest BCUT2D eigenvalue weighted by Crippen LogP contribution is -2.59. The summed E-state index contributed by atoms with van der Waals surface area (Å²) >= 11 is 0. The molecular formula is C45H71N7O10S2. The average Bonchev–Trinajstić information content (AvgIpc) is 3.21. The molecule has 2 aromatic rings. The van der Waals surface area contributed by atoms with Crippen LogP contribution in [0.25, 0.3) is 0 Å². The van der Waals surface area contributed by atoms with Gasteiger partial charge in [-0.25, -0.2) is 26.4 Å². The molecule has 0 aliphatic carbocycles. The Kier molecular flexibility index (Phi) is 16.5. The molecular weight excluding hydrogens is 863 g/mol. The van der Waals surface area contributed by atoms with E-state index < -0.39 is 43.4 Å². The second-order valence-corrected chi connectivity index (χ2v) is 23.3. The van der Waals surface area contributed by atoms with Crippen LogP contribution in [-0.4, -0.2) is 159 Å². The van der Waals surface area contributed by atoms with Crippen LogP contribution in [0.4, 0.5) is 9.59 Å². The number of benzene rings is 2. The van der Waals surface area contributed by atoms with Crippen molar-refractivity contribution in [2.75, 3.05) is 65.4 Å². The molecule has 5 heterocycles. The van der Waals surface area contributed by atoms with Crippen LogP contribution in [0.2, 0.25) is 0 Å². The summed E-state index contributed by atoms with van der Waals surface area (Å²) < 4.78 is 73.3. The summed E-state index contributed by atoms with van der Waals surface area (Å²) in [4.78, 5) is 28.2. The van der Waals surface area contributed by atoms with Gasteiger partial charge in [-0.3, -0.25) is 4.90 Å². The van der Waals surface area contributed by atoms with E-state index in [1.54, 1.807) is 42.5 Å². The van der Waals surface area contributed by atoms with Crippen molar-refractivity contribution in [1.82, 2.24) is 34.4 Å². The summed E-state index contributed by atoms with van der Waals surface area (Å²) in [5.74, 6) is 1.17. The first-order valence-electron chi connectivity index (χ1n) is 22.9. The number of rotatable bonds is 11. The SMILES string of the molecule is CC(C)(C)N(C(=O)O)C1CCN(S(=O)(=O)c2cccc(OC3CCNCC3)c2)CC1.CC(C)(C)OC(=O)NC1CCN(S(=O)(=O)c2cccc(OC3CCN(C4CNC4)CC3)c2)CC1.